The molecule has 7 nitrogen and oxygen atoms in total. The second-order valence-electron chi connectivity index (χ2n) is 6.57. The van der Waals surface area contributed by atoms with E-state index in [4.69, 9.17) is 10.5 Å². The molecule has 26 heavy (non-hydrogen) atoms. The van der Waals surface area contributed by atoms with Gasteiger partial charge in [0, 0.05) is 25.5 Å². The van der Waals surface area contributed by atoms with Crippen molar-refractivity contribution in [1.82, 2.24) is 20.2 Å². The van der Waals surface area contributed by atoms with Crippen LogP contribution in [0.4, 0.5) is 5.82 Å². The molecule has 2 heterocycles. The largest absolute Gasteiger partial charge is 0.497 e. The minimum Gasteiger partial charge on any atom is -0.497 e. The highest BCUT2D eigenvalue weighted by Crippen LogP contribution is 2.20. The molecule has 2 aromatic rings. The Balaban J connectivity index is 1.42. The number of anilines is 1. The third-order valence-corrected chi connectivity index (χ3v) is 4.77. The van der Waals surface area contributed by atoms with Crippen LogP contribution in [0.5, 0.6) is 5.75 Å². The molecule has 1 fully saturated rings. The zero-order valence-electron chi connectivity index (χ0n) is 15.0. The fourth-order valence-corrected chi connectivity index (χ4v) is 3.18. The quantitative estimate of drug-likeness (QED) is 0.819. The Hall–Kier alpha value is -2.67. The van der Waals surface area contributed by atoms with E-state index < -0.39 is 0 Å². The Morgan fingerprint density at radius 2 is 1.92 bits per heavy atom. The van der Waals surface area contributed by atoms with Gasteiger partial charge in [-0.15, -0.1) is 0 Å². The van der Waals surface area contributed by atoms with Crippen molar-refractivity contribution in [2.75, 3.05) is 32.5 Å². The van der Waals surface area contributed by atoms with Gasteiger partial charge in [0.05, 0.1) is 7.11 Å². The first-order chi connectivity index (χ1) is 12.7. The lowest BCUT2D eigenvalue weighted by molar-refractivity contribution is 0.0931. The Kier molecular flexibility index (Phi) is 6.01. The van der Waals surface area contributed by atoms with E-state index in [0.29, 0.717) is 12.5 Å². The molecule has 1 aromatic carbocycles. The number of amides is 1. The molecule has 0 aliphatic carbocycles. The second-order valence-corrected chi connectivity index (χ2v) is 6.57. The zero-order valence-corrected chi connectivity index (χ0v) is 15.0. The van der Waals surface area contributed by atoms with Gasteiger partial charge >= 0.3 is 0 Å². The first-order valence-corrected chi connectivity index (χ1v) is 8.85. The summed E-state index contributed by atoms with van der Waals surface area (Å²) in [6.45, 7) is 3.64. The Bertz CT molecular complexity index is 727. The van der Waals surface area contributed by atoms with E-state index in [0.717, 1.165) is 38.2 Å². The van der Waals surface area contributed by atoms with Crippen LogP contribution in [0.1, 0.15) is 28.9 Å². The van der Waals surface area contributed by atoms with E-state index in [1.165, 1.54) is 18.0 Å². The predicted octanol–water partition coefficient (Wildman–Crippen LogP) is 1.71. The third-order valence-electron chi connectivity index (χ3n) is 4.77. The molecule has 3 rings (SSSR count). The number of hydrogen-bond donors (Lipinski definition) is 2. The number of ether oxygens (including phenoxy) is 1. The first-order valence-electron chi connectivity index (χ1n) is 8.85. The molecule has 0 unspecified atom stereocenters. The van der Waals surface area contributed by atoms with Gasteiger partial charge in [0.1, 0.15) is 5.75 Å². The molecule has 0 bridgehead atoms. The molecule has 1 amide bonds. The van der Waals surface area contributed by atoms with Crippen molar-refractivity contribution >= 4 is 11.7 Å². The normalized spacial score (nSPS) is 15.6. The molecule has 0 saturated carbocycles. The number of nitrogens with one attached hydrogen (secondary N) is 1. The Morgan fingerprint density at radius 3 is 2.58 bits per heavy atom. The summed E-state index contributed by atoms with van der Waals surface area (Å²) >= 11 is 0. The monoisotopic (exact) mass is 355 g/mol. The van der Waals surface area contributed by atoms with Crippen molar-refractivity contribution in [2.45, 2.75) is 19.4 Å². The maximum absolute atomic E-state index is 12.2. The van der Waals surface area contributed by atoms with E-state index in [2.05, 4.69) is 32.3 Å². The van der Waals surface area contributed by atoms with Crippen molar-refractivity contribution in [3.8, 4) is 5.75 Å². The highest BCUT2D eigenvalue weighted by atomic mass is 16.5. The van der Waals surface area contributed by atoms with Gasteiger partial charge in [0.2, 0.25) is 0 Å². The van der Waals surface area contributed by atoms with Gasteiger partial charge in [-0.25, -0.2) is 9.97 Å². The minimum atomic E-state index is -0.253. The molecular formula is C19H25N5O2. The molecule has 0 radical (unpaired) electrons. The van der Waals surface area contributed by atoms with Crippen LogP contribution in [0.25, 0.3) is 0 Å². The molecule has 138 valence electrons. The first kappa shape index (κ1) is 18.1. The molecule has 1 saturated heterocycles. The number of carbonyl (C=O) groups is 1. The van der Waals surface area contributed by atoms with Crippen molar-refractivity contribution in [3.05, 3.63) is 47.9 Å². The number of carbonyl (C=O) groups excluding carboxylic acids is 1. The number of nitrogen functional groups attached to an aromatic ring is 1. The standard InChI is InChI=1S/C19H25N5O2/c1-26-16-4-2-15(3-5-16)13-24-10-6-14(7-11-24)12-23-19(25)17-18(20)22-9-8-21-17/h2-5,8-9,14H,6-7,10-13H2,1H3,(H2,20,22)(H,23,25). The summed E-state index contributed by atoms with van der Waals surface area (Å²) in [5.41, 5.74) is 7.18. The maximum Gasteiger partial charge on any atom is 0.273 e. The SMILES string of the molecule is COc1ccc(CN2CCC(CNC(=O)c3nccnc3N)CC2)cc1. The topological polar surface area (TPSA) is 93.4 Å². The van der Waals surface area contributed by atoms with E-state index >= 15 is 0 Å². The van der Waals surface area contributed by atoms with E-state index in [-0.39, 0.29) is 17.4 Å². The molecule has 3 N–H and O–H groups in total. The number of piperidine rings is 1. The van der Waals surface area contributed by atoms with Crippen LogP contribution in [0.2, 0.25) is 0 Å². The highest BCUT2D eigenvalue weighted by Gasteiger charge is 2.21. The van der Waals surface area contributed by atoms with Gasteiger partial charge in [-0.3, -0.25) is 9.69 Å². The average Bonchev–Trinajstić information content (AvgIpc) is 2.68. The van der Waals surface area contributed by atoms with Crippen LogP contribution < -0.4 is 15.8 Å². The summed E-state index contributed by atoms with van der Waals surface area (Å²) in [4.78, 5) is 22.5. The zero-order chi connectivity index (χ0) is 18.4. The van der Waals surface area contributed by atoms with Crippen LogP contribution >= 0.6 is 0 Å². The lowest BCUT2D eigenvalue weighted by Crippen LogP contribution is -2.38. The number of rotatable bonds is 6. The summed E-state index contributed by atoms with van der Waals surface area (Å²) in [6, 6.07) is 8.21. The fourth-order valence-electron chi connectivity index (χ4n) is 3.18. The second kappa shape index (κ2) is 8.62. The maximum atomic E-state index is 12.2. The minimum absolute atomic E-state index is 0.166. The van der Waals surface area contributed by atoms with Crippen molar-refractivity contribution in [2.24, 2.45) is 5.92 Å². The summed E-state index contributed by atoms with van der Waals surface area (Å²) in [5.74, 6) is 1.27. The van der Waals surface area contributed by atoms with Gasteiger partial charge < -0.3 is 15.8 Å². The van der Waals surface area contributed by atoms with E-state index in [9.17, 15) is 4.79 Å². The van der Waals surface area contributed by atoms with Gasteiger partial charge in [-0.1, -0.05) is 12.1 Å². The van der Waals surface area contributed by atoms with Crippen LogP contribution in [-0.4, -0.2) is 47.5 Å². The number of aromatic nitrogens is 2. The van der Waals surface area contributed by atoms with Gasteiger partial charge in [0.15, 0.2) is 11.5 Å². The number of nitrogens with two attached hydrogens (primary N) is 1. The Labute approximate surface area is 153 Å². The molecule has 0 atom stereocenters. The van der Waals surface area contributed by atoms with Crippen LogP contribution in [0, 0.1) is 5.92 Å². The summed E-state index contributed by atoms with van der Waals surface area (Å²) < 4.78 is 5.19. The van der Waals surface area contributed by atoms with Gasteiger partial charge in [-0.05, 0) is 49.5 Å². The van der Waals surface area contributed by atoms with Gasteiger partial charge in [0.25, 0.3) is 5.91 Å². The molecule has 0 spiro atoms. The van der Waals surface area contributed by atoms with E-state index in [1.54, 1.807) is 7.11 Å². The molecule has 1 aromatic heterocycles. The summed E-state index contributed by atoms with van der Waals surface area (Å²) in [6.07, 6.45) is 5.08. The number of methoxy groups -OCH3 is 1. The molecule has 1 aliphatic heterocycles. The van der Waals surface area contributed by atoms with Crippen molar-refractivity contribution in [1.29, 1.82) is 0 Å². The number of hydrogen-bond acceptors (Lipinski definition) is 6. The third kappa shape index (κ3) is 4.70. The molecular weight excluding hydrogens is 330 g/mol. The van der Waals surface area contributed by atoms with E-state index in [1.807, 2.05) is 12.1 Å². The van der Waals surface area contributed by atoms with Gasteiger partial charge in [-0.2, -0.15) is 0 Å². The highest BCUT2D eigenvalue weighted by molar-refractivity contribution is 5.96. The summed E-state index contributed by atoms with van der Waals surface area (Å²) in [7, 11) is 1.68. The number of likely N-dealkylation sites (tertiary alicyclic amines) is 1. The fraction of sp³-hybridized carbons (Fsp3) is 0.421. The Morgan fingerprint density at radius 1 is 1.23 bits per heavy atom. The predicted molar refractivity (Wildman–Crippen MR) is 99.8 cm³/mol. The lowest BCUT2D eigenvalue weighted by Gasteiger charge is -2.32. The lowest BCUT2D eigenvalue weighted by atomic mass is 9.96. The smallest absolute Gasteiger partial charge is 0.273 e. The van der Waals surface area contributed by atoms with Crippen LogP contribution in [0.15, 0.2) is 36.7 Å². The number of nitrogens with zero attached hydrogens (tertiary/aromatic N) is 3. The molecule has 7 heteroatoms. The average molecular weight is 355 g/mol. The van der Waals surface area contributed by atoms with Crippen LogP contribution in [0.3, 0.4) is 0 Å². The van der Waals surface area contributed by atoms with Crippen molar-refractivity contribution in [3.63, 3.8) is 0 Å². The number of benzene rings is 1. The van der Waals surface area contributed by atoms with Crippen molar-refractivity contribution < 1.29 is 9.53 Å². The van der Waals surface area contributed by atoms with Crippen LogP contribution in [-0.2, 0) is 6.54 Å². The summed E-state index contributed by atoms with van der Waals surface area (Å²) in [5, 5.41) is 2.93. The molecule has 1 aliphatic rings.